The minimum atomic E-state index is -0.442. The van der Waals surface area contributed by atoms with Crippen LogP contribution in [0.25, 0.3) is 0 Å². The van der Waals surface area contributed by atoms with Gasteiger partial charge in [0.15, 0.2) is 11.6 Å². The molecule has 0 saturated heterocycles. The van der Waals surface area contributed by atoms with Gasteiger partial charge in [-0.1, -0.05) is 46.6 Å². The fourth-order valence-electron chi connectivity index (χ4n) is 3.37. The minimum Gasteiger partial charge on any atom is -0.389 e. The normalized spacial score (nSPS) is 17.0. The molecular formula is C27H38O3. The molecule has 3 nitrogen and oxygen atoms in total. The van der Waals surface area contributed by atoms with E-state index in [4.69, 9.17) is 0 Å². The van der Waals surface area contributed by atoms with Crippen molar-refractivity contribution in [2.75, 3.05) is 0 Å². The molecule has 1 N–H and O–H groups in total. The Kier molecular flexibility index (Phi) is 11.3. The SMILES string of the molecule is CC(C)=CCC/C(C)=C/C(O)C/C(C)=C/CC/C(C)=C/CC1=CC(=O)C=C(C)C1=O. The summed E-state index contributed by atoms with van der Waals surface area (Å²) >= 11 is 0. The molecule has 1 unspecified atom stereocenters. The standard InChI is InChI=1S/C27H38O3/c1-19(2)9-7-11-21(4)15-25(28)16-22(5)12-8-10-20(3)13-14-24-18-26(29)17-23(6)27(24)30/h9,12-13,15,17-18,25,28H,7-8,10-11,14,16H2,1-6H3/b20-13+,21-15+,22-12+. The van der Waals surface area contributed by atoms with Crippen LogP contribution >= 0.6 is 0 Å². The van der Waals surface area contributed by atoms with Gasteiger partial charge in [-0.25, -0.2) is 0 Å². The van der Waals surface area contributed by atoms with Crippen LogP contribution in [0.1, 0.15) is 80.1 Å². The van der Waals surface area contributed by atoms with Gasteiger partial charge in [0.25, 0.3) is 0 Å². The van der Waals surface area contributed by atoms with E-state index in [1.165, 1.54) is 34.4 Å². The number of carbonyl (C=O) groups is 2. The number of carbonyl (C=O) groups excluding carboxylic acids is 2. The van der Waals surface area contributed by atoms with Crippen molar-refractivity contribution in [3.05, 3.63) is 69.9 Å². The lowest BCUT2D eigenvalue weighted by molar-refractivity contribution is -0.115. The molecule has 0 aromatic rings. The smallest absolute Gasteiger partial charge is 0.185 e. The molecule has 1 aliphatic rings. The quantitative estimate of drug-likeness (QED) is 0.312. The second-order valence-electron chi connectivity index (χ2n) is 8.68. The van der Waals surface area contributed by atoms with Gasteiger partial charge in [0.2, 0.25) is 0 Å². The van der Waals surface area contributed by atoms with Gasteiger partial charge >= 0.3 is 0 Å². The van der Waals surface area contributed by atoms with Crippen LogP contribution < -0.4 is 0 Å². The van der Waals surface area contributed by atoms with Crippen molar-refractivity contribution in [2.24, 2.45) is 0 Å². The summed E-state index contributed by atoms with van der Waals surface area (Å²) in [5.74, 6) is -0.140. The summed E-state index contributed by atoms with van der Waals surface area (Å²) in [6, 6.07) is 0. The van der Waals surface area contributed by atoms with Crippen LogP contribution in [-0.2, 0) is 9.59 Å². The molecule has 0 aromatic carbocycles. The lowest BCUT2D eigenvalue weighted by Gasteiger charge is -2.10. The summed E-state index contributed by atoms with van der Waals surface area (Å²) in [6.45, 7) is 12.1. The Bertz CT molecular complexity index is 809. The second kappa shape index (κ2) is 13.1. The number of rotatable bonds is 11. The van der Waals surface area contributed by atoms with Gasteiger partial charge in [-0.2, -0.15) is 0 Å². The number of hydrogen-bond donors (Lipinski definition) is 1. The van der Waals surface area contributed by atoms with E-state index in [9.17, 15) is 14.7 Å². The van der Waals surface area contributed by atoms with Crippen molar-refractivity contribution in [2.45, 2.75) is 86.2 Å². The highest BCUT2D eigenvalue weighted by Gasteiger charge is 2.17. The molecule has 0 bridgehead atoms. The Morgan fingerprint density at radius 2 is 1.53 bits per heavy atom. The Balaban J connectivity index is 2.45. The third kappa shape index (κ3) is 10.5. The summed E-state index contributed by atoms with van der Waals surface area (Å²) in [6.07, 6.45) is 15.7. The van der Waals surface area contributed by atoms with Crippen LogP contribution in [0.15, 0.2) is 69.9 Å². The monoisotopic (exact) mass is 410 g/mol. The van der Waals surface area contributed by atoms with Crippen LogP contribution in [0.4, 0.5) is 0 Å². The third-order valence-electron chi connectivity index (χ3n) is 5.13. The molecule has 0 radical (unpaired) electrons. The summed E-state index contributed by atoms with van der Waals surface area (Å²) in [5, 5.41) is 10.3. The highest BCUT2D eigenvalue weighted by molar-refractivity contribution is 6.20. The van der Waals surface area contributed by atoms with Crippen LogP contribution in [0.2, 0.25) is 0 Å². The lowest BCUT2D eigenvalue weighted by atomic mass is 9.94. The Labute approximate surface area is 182 Å². The number of ketones is 2. The Hall–Kier alpha value is -2.26. The molecule has 1 aliphatic carbocycles. The largest absolute Gasteiger partial charge is 0.389 e. The molecule has 164 valence electrons. The predicted molar refractivity (Wildman–Crippen MR) is 126 cm³/mol. The van der Waals surface area contributed by atoms with Gasteiger partial charge < -0.3 is 5.11 Å². The fraction of sp³-hybridized carbons (Fsp3) is 0.481. The molecule has 0 aliphatic heterocycles. The number of Topliss-reactive ketones (excluding diaryl/α,β-unsaturated/α-hetero) is 1. The highest BCUT2D eigenvalue weighted by atomic mass is 16.3. The van der Waals surface area contributed by atoms with Crippen molar-refractivity contribution >= 4 is 11.6 Å². The van der Waals surface area contributed by atoms with Gasteiger partial charge in [0.1, 0.15) is 0 Å². The lowest BCUT2D eigenvalue weighted by Crippen LogP contribution is -2.12. The number of aliphatic hydroxyl groups excluding tert-OH is 1. The number of allylic oxidation sites excluding steroid dienone is 10. The van der Waals surface area contributed by atoms with Gasteiger partial charge in [-0.3, -0.25) is 9.59 Å². The van der Waals surface area contributed by atoms with Gasteiger partial charge in [-0.15, -0.1) is 0 Å². The zero-order chi connectivity index (χ0) is 22.7. The first kappa shape index (κ1) is 25.8. The molecule has 0 aromatic heterocycles. The van der Waals surface area contributed by atoms with Crippen molar-refractivity contribution in [3.8, 4) is 0 Å². The maximum atomic E-state index is 12.1. The van der Waals surface area contributed by atoms with Gasteiger partial charge in [0.05, 0.1) is 6.10 Å². The van der Waals surface area contributed by atoms with E-state index >= 15 is 0 Å². The predicted octanol–water partition coefficient (Wildman–Crippen LogP) is 6.52. The molecule has 1 rings (SSSR count). The van der Waals surface area contributed by atoms with Gasteiger partial charge in [-0.05, 0) is 92.2 Å². The van der Waals surface area contributed by atoms with Crippen LogP contribution in [-0.4, -0.2) is 22.8 Å². The minimum absolute atomic E-state index is 0.0347. The first-order chi connectivity index (χ1) is 14.1. The summed E-state index contributed by atoms with van der Waals surface area (Å²) in [4.78, 5) is 23.7. The summed E-state index contributed by atoms with van der Waals surface area (Å²) in [7, 11) is 0. The van der Waals surface area contributed by atoms with E-state index < -0.39 is 6.10 Å². The molecule has 0 heterocycles. The van der Waals surface area contributed by atoms with E-state index in [-0.39, 0.29) is 11.6 Å². The molecular weight excluding hydrogens is 372 g/mol. The van der Waals surface area contributed by atoms with E-state index in [1.54, 1.807) is 6.92 Å². The molecule has 1 atom stereocenters. The average molecular weight is 411 g/mol. The second-order valence-corrected chi connectivity index (χ2v) is 8.68. The van der Waals surface area contributed by atoms with Crippen molar-refractivity contribution in [3.63, 3.8) is 0 Å². The zero-order valence-corrected chi connectivity index (χ0v) is 19.5. The first-order valence-corrected chi connectivity index (χ1v) is 10.9. The maximum absolute atomic E-state index is 12.1. The van der Waals surface area contributed by atoms with Crippen molar-refractivity contribution < 1.29 is 14.7 Å². The molecule has 0 spiro atoms. The van der Waals surface area contributed by atoms with E-state index in [1.807, 2.05) is 12.2 Å². The average Bonchev–Trinajstić information content (AvgIpc) is 2.62. The van der Waals surface area contributed by atoms with E-state index in [2.05, 4.69) is 46.8 Å². The van der Waals surface area contributed by atoms with Crippen molar-refractivity contribution in [1.82, 2.24) is 0 Å². The summed E-state index contributed by atoms with van der Waals surface area (Å²) in [5.41, 5.74) is 6.02. The van der Waals surface area contributed by atoms with E-state index in [0.29, 0.717) is 24.0 Å². The van der Waals surface area contributed by atoms with Gasteiger partial charge in [0, 0.05) is 11.1 Å². The molecule has 30 heavy (non-hydrogen) atoms. The number of hydrogen-bond acceptors (Lipinski definition) is 3. The molecule has 0 amide bonds. The Morgan fingerprint density at radius 3 is 2.20 bits per heavy atom. The molecule has 0 saturated carbocycles. The van der Waals surface area contributed by atoms with Crippen LogP contribution in [0, 0.1) is 0 Å². The maximum Gasteiger partial charge on any atom is 0.185 e. The fourth-order valence-corrected chi connectivity index (χ4v) is 3.37. The Morgan fingerprint density at radius 1 is 0.900 bits per heavy atom. The molecule has 3 heteroatoms. The topological polar surface area (TPSA) is 54.4 Å². The van der Waals surface area contributed by atoms with Crippen LogP contribution in [0.5, 0.6) is 0 Å². The highest BCUT2D eigenvalue weighted by Crippen LogP contribution is 2.18. The third-order valence-corrected chi connectivity index (χ3v) is 5.13. The first-order valence-electron chi connectivity index (χ1n) is 10.9. The summed E-state index contributed by atoms with van der Waals surface area (Å²) < 4.78 is 0. The van der Waals surface area contributed by atoms with Crippen molar-refractivity contribution in [1.29, 1.82) is 0 Å². The molecule has 0 fully saturated rings. The van der Waals surface area contributed by atoms with Crippen LogP contribution in [0.3, 0.4) is 0 Å². The van der Waals surface area contributed by atoms with E-state index in [0.717, 1.165) is 25.7 Å². The number of aliphatic hydroxyl groups is 1. The zero-order valence-electron chi connectivity index (χ0n) is 19.5.